The highest BCUT2D eigenvalue weighted by atomic mass is 16.6. The monoisotopic (exact) mass is 840 g/mol. The van der Waals surface area contributed by atoms with Gasteiger partial charge in [-0.3, -0.25) is 14.4 Å². The summed E-state index contributed by atoms with van der Waals surface area (Å²) >= 11 is 0. The highest BCUT2D eigenvalue weighted by Gasteiger charge is 2.30. The first kappa shape index (κ1) is 45.8. The van der Waals surface area contributed by atoms with Crippen molar-refractivity contribution in [2.45, 2.75) is 57.0 Å². The molecule has 0 unspecified atom stereocenters. The minimum Gasteiger partial charge on any atom is -0.489 e. The summed E-state index contributed by atoms with van der Waals surface area (Å²) in [7, 11) is 0. The summed E-state index contributed by atoms with van der Waals surface area (Å²) in [5.41, 5.74) is 3.06. The first-order chi connectivity index (χ1) is 30.1. The number of anilines is 1. The van der Waals surface area contributed by atoms with Gasteiger partial charge in [0.15, 0.2) is 0 Å². The Morgan fingerprint density at radius 2 is 1.27 bits per heavy atom. The van der Waals surface area contributed by atoms with E-state index >= 15 is 0 Å². The Kier molecular flexibility index (Phi) is 17.8. The first-order valence-electron chi connectivity index (χ1n) is 20.3. The molecular weight excluding hydrogens is 789 g/mol. The lowest BCUT2D eigenvalue weighted by Crippen LogP contribution is -2.51. The van der Waals surface area contributed by atoms with Gasteiger partial charge >= 0.3 is 12.1 Å². The maximum absolute atomic E-state index is 13.8. The fourth-order valence-corrected chi connectivity index (χ4v) is 6.43. The quantitative estimate of drug-likeness (QED) is 0.0360. The average Bonchev–Trinajstić information content (AvgIpc) is 3.29. The van der Waals surface area contributed by atoms with E-state index in [-0.39, 0.29) is 32.5 Å². The summed E-state index contributed by atoms with van der Waals surface area (Å²) in [6.45, 7) is 6.81. The van der Waals surface area contributed by atoms with Crippen molar-refractivity contribution in [2.24, 2.45) is 5.92 Å². The molecule has 13 nitrogen and oxygen atoms in total. The molecule has 0 bridgehead atoms. The lowest BCUT2D eigenvalue weighted by Gasteiger charge is -2.24. The van der Waals surface area contributed by atoms with Gasteiger partial charge in [0.2, 0.25) is 11.8 Å². The molecule has 13 heteroatoms. The van der Waals surface area contributed by atoms with Crippen LogP contribution in [0.1, 0.15) is 36.0 Å². The van der Waals surface area contributed by atoms with Crippen LogP contribution in [-0.4, -0.2) is 66.2 Å². The minimum absolute atomic E-state index is 0.0145. The molecule has 0 radical (unpaired) electrons. The Morgan fingerprint density at radius 3 is 1.94 bits per heavy atom. The van der Waals surface area contributed by atoms with Crippen LogP contribution in [0.25, 0.3) is 10.8 Å². The van der Waals surface area contributed by atoms with Crippen molar-refractivity contribution in [3.8, 4) is 5.75 Å². The molecule has 5 N–H and O–H groups in total. The molecule has 0 saturated heterocycles. The maximum atomic E-state index is 13.8. The second kappa shape index (κ2) is 24.1. The van der Waals surface area contributed by atoms with Crippen LogP contribution in [0.4, 0.5) is 10.5 Å². The van der Waals surface area contributed by atoms with Crippen LogP contribution < -0.4 is 26.0 Å². The molecule has 0 heterocycles. The number of aliphatic hydroxyl groups is 1. The normalized spacial score (nSPS) is 12.7. The fraction of sp³-hybridized carbons (Fsp3) is 0.245. The van der Waals surface area contributed by atoms with E-state index in [2.05, 4.69) is 34.4 Å². The summed E-state index contributed by atoms with van der Waals surface area (Å²) in [4.78, 5) is 66.9. The second-order valence-electron chi connectivity index (χ2n) is 14.5. The topological polar surface area (TPSA) is 181 Å². The molecule has 0 aromatic heterocycles. The molecule has 322 valence electrons. The van der Waals surface area contributed by atoms with Crippen LogP contribution in [0.3, 0.4) is 0 Å². The Morgan fingerprint density at radius 1 is 0.629 bits per heavy atom. The lowest BCUT2D eigenvalue weighted by atomic mass is 9.98. The van der Waals surface area contributed by atoms with Crippen molar-refractivity contribution in [3.05, 3.63) is 169 Å². The molecule has 4 atom stereocenters. The number of aliphatic hydroxyl groups excluding tert-OH is 1. The van der Waals surface area contributed by atoms with E-state index in [0.717, 1.165) is 27.5 Å². The number of carbonyl (C=O) groups excluding carboxylic acids is 5. The molecule has 4 amide bonds. The van der Waals surface area contributed by atoms with Crippen LogP contribution in [0, 0.1) is 5.92 Å². The number of ether oxygens (including phenoxy) is 3. The van der Waals surface area contributed by atoms with E-state index in [1.54, 1.807) is 36.4 Å². The van der Waals surface area contributed by atoms with E-state index in [9.17, 15) is 29.1 Å². The van der Waals surface area contributed by atoms with Crippen LogP contribution >= 0.6 is 0 Å². The van der Waals surface area contributed by atoms with Crippen LogP contribution in [0.5, 0.6) is 5.75 Å². The number of allylic oxidation sites excluding steroid dienone is 1. The molecule has 0 aliphatic rings. The van der Waals surface area contributed by atoms with Crippen molar-refractivity contribution in [1.29, 1.82) is 0 Å². The number of benzene rings is 5. The van der Waals surface area contributed by atoms with Crippen molar-refractivity contribution in [2.75, 3.05) is 18.5 Å². The zero-order valence-corrected chi connectivity index (χ0v) is 34.4. The van der Waals surface area contributed by atoms with Crippen LogP contribution in [0.15, 0.2) is 153 Å². The molecule has 0 aliphatic heterocycles. The standard InChI is InChI=1S/C49H52N4O9/c1-3-13-39(29-45(55)50-41(30-54)27-34-21-25-42(26-22-34)60-31-35-15-7-5-8-16-35)46(56)52-44(47(57)51-40-24-23-37-19-11-12-20-38(37)28-40)33-61-48(58)43(14-4-2)53-49(59)62-32-36-17-9-6-10-18-36/h3-12,15-26,28,39,41,43-44,54H,1-2,13-14,27,29-33H2,(H,50,55)(H,51,57)(H,52,56)(H,53,59)/t39-,41-,43+,44-/m0/s1. The zero-order chi connectivity index (χ0) is 44.1. The molecule has 5 aromatic rings. The third-order valence-electron chi connectivity index (χ3n) is 9.73. The number of hydrogen-bond donors (Lipinski definition) is 5. The van der Waals surface area contributed by atoms with Gasteiger partial charge in [0.1, 0.15) is 37.7 Å². The highest BCUT2D eigenvalue weighted by Crippen LogP contribution is 2.20. The van der Waals surface area contributed by atoms with Gasteiger partial charge < -0.3 is 40.6 Å². The van der Waals surface area contributed by atoms with Crippen LogP contribution in [-0.2, 0) is 48.3 Å². The largest absolute Gasteiger partial charge is 0.489 e. The van der Waals surface area contributed by atoms with Crippen LogP contribution in [0.2, 0.25) is 0 Å². The third kappa shape index (κ3) is 14.8. The van der Waals surface area contributed by atoms with Gasteiger partial charge in [-0.1, -0.05) is 115 Å². The highest BCUT2D eigenvalue weighted by molar-refractivity contribution is 6.00. The smallest absolute Gasteiger partial charge is 0.408 e. The van der Waals surface area contributed by atoms with E-state index in [1.807, 2.05) is 91.0 Å². The molecular formula is C49H52N4O9. The average molecular weight is 841 g/mol. The van der Waals surface area contributed by atoms with Gasteiger partial charge in [0, 0.05) is 12.1 Å². The Bertz CT molecular complexity index is 2270. The first-order valence-corrected chi connectivity index (χ1v) is 20.3. The number of esters is 1. The van der Waals surface area contributed by atoms with E-state index < -0.39 is 60.4 Å². The summed E-state index contributed by atoms with van der Waals surface area (Å²) in [6, 6.07) is 35.7. The number of alkyl carbamates (subject to hydrolysis) is 1. The summed E-state index contributed by atoms with van der Waals surface area (Å²) in [5, 5.41) is 22.7. The molecule has 0 saturated carbocycles. The molecule has 5 aromatic carbocycles. The van der Waals surface area contributed by atoms with Gasteiger partial charge in [0.05, 0.1) is 18.6 Å². The number of carbonyl (C=O) groups is 5. The maximum Gasteiger partial charge on any atom is 0.408 e. The Labute approximate surface area is 361 Å². The lowest BCUT2D eigenvalue weighted by molar-refractivity contribution is -0.148. The zero-order valence-electron chi connectivity index (χ0n) is 34.4. The second-order valence-corrected chi connectivity index (χ2v) is 14.5. The number of hydrogen-bond acceptors (Lipinski definition) is 9. The summed E-state index contributed by atoms with van der Waals surface area (Å²) in [6.07, 6.45) is 2.11. The van der Waals surface area contributed by atoms with Gasteiger partial charge in [0.25, 0.3) is 5.91 Å². The molecule has 0 fully saturated rings. The van der Waals surface area contributed by atoms with Gasteiger partial charge in [-0.2, -0.15) is 0 Å². The predicted octanol–water partition coefficient (Wildman–Crippen LogP) is 6.56. The van der Waals surface area contributed by atoms with E-state index in [1.165, 1.54) is 12.2 Å². The van der Waals surface area contributed by atoms with E-state index in [4.69, 9.17) is 14.2 Å². The number of rotatable bonds is 23. The van der Waals surface area contributed by atoms with E-state index in [0.29, 0.717) is 24.5 Å². The fourth-order valence-electron chi connectivity index (χ4n) is 6.43. The van der Waals surface area contributed by atoms with Crippen molar-refractivity contribution >= 4 is 46.2 Å². The molecule has 0 spiro atoms. The van der Waals surface area contributed by atoms with Gasteiger partial charge in [-0.15, -0.1) is 13.2 Å². The number of nitrogens with one attached hydrogen (secondary N) is 4. The van der Waals surface area contributed by atoms with Gasteiger partial charge in [-0.25, -0.2) is 9.59 Å². The minimum atomic E-state index is -1.42. The Hall–Kier alpha value is -7.25. The van der Waals surface area contributed by atoms with Gasteiger partial charge in [-0.05, 0) is 71.0 Å². The SMILES string of the molecule is C=CC[C@@H](CC(=O)N[C@H](CO)Cc1ccc(OCc2ccccc2)cc1)C(=O)N[C@@H](COC(=O)[C@@H](CC=C)NC(=O)OCc1ccccc1)C(=O)Nc1ccc2ccccc2c1. The predicted molar refractivity (Wildman–Crippen MR) is 237 cm³/mol. The van der Waals surface area contributed by atoms with Crippen molar-refractivity contribution in [1.82, 2.24) is 16.0 Å². The molecule has 62 heavy (non-hydrogen) atoms. The van der Waals surface area contributed by atoms with Crippen molar-refractivity contribution < 1.29 is 43.3 Å². The number of fused-ring (bicyclic) bond motifs is 1. The van der Waals surface area contributed by atoms with Crippen molar-refractivity contribution in [3.63, 3.8) is 0 Å². The third-order valence-corrected chi connectivity index (χ3v) is 9.73. The summed E-state index contributed by atoms with van der Waals surface area (Å²) < 4.78 is 16.7. The molecule has 5 rings (SSSR count). The number of amides is 4. The Balaban J connectivity index is 1.21. The summed E-state index contributed by atoms with van der Waals surface area (Å²) in [5.74, 6) is -3.08. The molecule has 0 aliphatic carbocycles.